The monoisotopic (exact) mass is 278 g/mol. The minimum Gasteiger partial charge on any atom is -0.382 e. The van der Waals surface area contributed by atoms with E-state index in [2.05, 4.69) is 10.6 Å². The number of amides is 1. The molecular formula is C16H26N2O2. The zero-order valence-electron chi connectivity index (χ0n) is 12.6. The Morgan fingerprint density at radius 3 is 2.45 bits per heavy atom. The Morgan fingerprint density at radius 1 is 1.25 bits per heavy atom. The van der Waals surface area contributed by atoms with Crippen LogP contribution in [0.4, 0.5) is 0 Å². The van der Waals surface area contributed by atoms with Crippen LogP contribution in [0.15, 0.2) is 30.3 Å². The maximum Gasteiger partial charge on any atom is 0.250 e. The third-order valence-electron chi connectivity index (χ3n) is 3.37. The van der Waals surface area contributed by atoms with E-state index in [0.717, 1.165) is 24.9 Å². The lowest BCUT2D eigenvalue weighted by molar-refractivity contribution is -0.131. The molecule has 3 atom stereocenters. The third kappa shape index (κ3) is 4.94. The summed E-state index contributed by atoms with van der Waals surface area (Å²) in [5, 5.41) is 16.2. The first kappa shape index (κ1) is 16.7. The molecule has 0 fully saturated rings. The molecule has 1 aromatic rings. The zero-order chi connectivity index (χ0) is 15.0. The highest BCUT2D eigenvalue weighted by molar-refractivity contribution is 5.81. The number of hydrogen-bond acceptors (Lipinski definition) is 3. The molecule has 0 bridgehead atoms. The fourth-order valence-corrected chi connectivity index (χ4v) is 2.25. The van der Waals surface area contributed by atoms with Gasteiger partial charge < -0.3 is 15.7 Å². The first-order valence-corrected chi connectivity index (χ1v) is 7.36. The van der Waals surface area contributed by atoms with E-state index in [1.807, 2.05) is 51.1 Å². The van der Waals surface area contributed by atoms with Gasteiger partial charge >= 0.3 is 0 Å². The average molecular weight is 278 g/mol. The highest BCUT2D eigenvalue weighted by Gasteiger charge is 2.25. The van der Waals surface area contributed by atoms with Crippen LogP contribution in [-0.4, -0.2) is 29.7 Å². The standard InChI is InChI=1S/C16H26N2O2/c1-4-9-14(17-5-2)15(19)16(20)18-12(3)13-10-7-6-8-11-13/h6-8,10-12,14-15,17,19H,4-5,9H2,1-3H3,(H,18,20). The van der Waals surface area contributed by atoms with E-state index < -0.39 is 6.10 Å². The van der Waals surface area contributed by atoms with Crippen molar-refractivity contribution >= 4 is 5.91 Å². The van der Waals surface area contributed by atoms with Crippen LogP contribution < -0.4 is 10.6 Å². The molecule has 3 N–H and O–H groups in total. The summed E-state index contributed by atoms with van der Waals surface area (Å²) in [5.41, 5.74) is 1.03. The van der Waals surface area contributed by atoms with Gasteiger partial charge in [-0.1, -0.05) is 50.6 Å². The summed E-state index contributed by atoms with van der Waals surface area (Å²) in [5.74, 6) is -0.319. The number of aliphatic hydroxyl groups is 1. The molecular weight excluding hydrogens is 252 g/mol. The average Bonchev–Trinajstić information content (AvgIpc) is 2.47. The van der Waals surface area contributed by atoms with Crippen LogP contribution in [0.25, 0.3) is 0 Å². The molecule has 4 nitrogen and oxygen atoms in total. The van der Waals surface area contributed by atoms with Gasteiger partial charge in [0.2, 0.25) is 0 Å². The molecule has 0 radical (unpaired) electrons. The first-order valence-electron chi connectivity index (χ1n) is 7.36. The highest BCUT2D eigenvalue weighted by Crippen LogP contribution is 2.12. The molecule has 1 aromatic carbocycles. The van der Waals surface area contributed by atoms with Crippen LogP contribution in [0.1, 0.15) is 45.2 Å². The topological polar surface area (TPSA) is 61.4 Å². The summed E-state index contributed by atoms with van der Waals surface area (Å²) in [7, 11) is 0. The van der Waals surface area contributed by atoms with E-state index in [0.29, 0.717) is 0 Å². The molecule has 0 saturated carbocycles. The molecule has 3 unspecified atom stereocenters. The smallest absolute Gasteiger partial charge is 0.250 e. The molecule has 0 aliphatic carbocycles. The van der Waals surface area contributed by atoms with E-state index in [9.17, 15) is 9.90 Å². The fraction of sp³-hybridized carbons (Fsp3) is 0.562. The van der Waals surface area contributed by atoms with E-state index in [4.69, 9.17) is 0 Å². The maximum absolute atomic E-state index is 12.1. The van der Waals surface area contributed by atoms with Gasteiger partial charge in [0.1, 0.15) is 6.10 Å². The zero-order valence-corrected chi connectivity index (χ0v) is 12.6. The lowest BCUT2D eigenvalue weighted by Crippen LogP contribution is -2.49. The molecule has 1 rings (SSSR count). The summed E-state index contributed by atoms with van der Waals surface area (Å²) in [6.07, 6.45) is 0.694. The summed E-state index contributed by atoms with van der Waals surface area (Å²) in [4.78, 5) is 12.1. The van der Waals surface area contributed by atoms with Gasteiger partial charge in [0, 0.05) is 6.04 Å². The number of carbonyl (C=O) groups is 1. The quantitative estimate of drug-likeness (QED) is 0.681. The summed E-state index contributed by atoms with van der Waals surface area (Å²) >= 11 is 0. The normalized spacial score (nSPS) is 15.4. The van der Waals surface area contributed by atoms with E-state index in [-0.39, 0.29) is 18.0 Å². The van der Waals surface area contributed by atoms with Crippen molar-refractivity contribution in [2.45, 2.75) is 51.8 Å². The molecule has 4 heteroatoms. The van der Waals surface area contributed by atoms with E-state index in [1.165, 1.54) is 0 Å². The van der Waals surface area contributed by atoms with Crippen molar-refractivity contribution in [1.82, 2.24) is 10.6 Å². The van der Waals surface area contributed by atoms with Gasteiger partial charge in [-0.2, -0.15) is 0 Å². The van der Waals surface area contributed by atoms with E-state index >= 15 is 0 Å². The summed E-state index contributed by atoms with van der Waals surface area (Å²) in [6, 6.07) is 9.45. The molecule has 0 heterocycles. The van der Waals surface area contributed by atoms with Crippen molar-refractivity contribution in [2.24, 2.45) is 0 Å². The van der Waals surface area contributed by atoms with Gasteiger partial charge in [0.15, 0.2) is 0 Å². The van der Waals surface area contributed by atoms with Crippen LogP contribution in [0.3, 0.4) is 0 Å². The molecule has 0 spiro atoms. The molecule has 20 heavy (non-hydrogen) atoms. The second-order valence-electron chi connectivity index (χ2n) is 5.04. The van der Waals surface area contributed by atoms with Crippen molar-refractivity contribution in [1.29, 1.82) is 0 Å². The minimum atomic E-state index is -1.01. The van der Waals surface area contributed by atoms with Crippen LogP contribution in [0.2, 0.25) is 0 Å². The minimum absolute atomic E-state index is 0.109. The van der Waals surface area contributed by atoms with Gasteiger partial charge in [-0.3, -0.25) is 4.79 Å². The lowest BCUT2D eigenvalue weighted by Gasteiger charge is -2.24. The number of carbonyl (C=O) groups excluding carboxylic acids is 1. The largest absolute Gasteiger partial charge is 0.382 e. The van der Waals surface area contributed by atoms with Crippen molar-refractivity contribution < 1.29 is 9.90 Å². The van der Waals surface area contributed by atoms with Crippen LogP contribution in [0, 0.1) is 0 Å². The second-order valence-corrected chi connectivity index (χ2v) is 5.04. The number of nitrogens with one attached hydrogen (secondary N) is 2. The Morgan fingerprint density at radius 2 is 1.90 bits per heavy atom. The van der Waals surface area contributed by atoms with Crippen molar-refractivity contribution in [3.05, 3.63) is 35.9 Å². The predicted molar refractivity (Wildman–Crippen MR) is 81.4 cm³/mol. The van der Waals surface area contributed by atoms with Crippen LogP contribution >= 0.6 is 0 Å². The Kier molecular flexibility index (Phi) is 7.26. The van der Waals surface area contributed by atoms with Crippen LogP contribution in [-0.2, 0) is 4.79 Å². The molecule has 112 valence electrons. The number of rotatable bonds is 8. The third-order valence-corrected chi connectivity index (χ3v) is 3.37. The van der Waals surface area contributed by atoms with Gasteiger partial charge in [-0.05, 0) is 25.5 Å². The van der Waals surface area contributed by atoms with E-state index in [1.54, 1.807) is 0 Å². The van der Waals surface area contributed by atoms with Crippen molar-refractivity contribution in [2.75, 3.05) is 6.54 Å². The molecule has 0 saturated heterocycles. The first-order chi connectivity index (χ1) is 9.60. The second kappa shape index (κ2) is 8.72. The van der Waals surface area contributed by atoms with Crippen LogP contribution in [0.5, 0.6) is 0 Å². The maximum atomic E-state index is 12.1. The Balaban J connectivity index is 2.60. The predicted octanol–water partition coefficient (Wildman–Crippen LogP) is 2.00. The highest BCUT2D eigenvalue weighted by atomic mass is 16.3. The van der Waals surface area contributed by atoms with Crippen molar-refractivity contribution in [3.8, 4) is 0 Å². The van der Waals surface area contributed by atoms with Gasteiger partial charge in [-0.25, -0.2) is 0 Å². The van der Waals surface area contributed by atoms with Gasteiger partial charge in [0.25, 0.3) is 5.91 Å². The SMILES string of the molecule is CCCC(NCC)C(O)C(=O)NC(C)c1ccccc1. The van der Waals surface area contributed by atoms with Crippen molar-refractivity contribution in [3.63, 3.8) is 0 Å². The Labute approximate surface area is 121 Å². The van der Waals surface area contributed by atoms with Gasteiger partial charge in [0.05, 0.1) is 6.04 Å². The summed E-state index contributed by atoms with van der Waals surface area (Å²) in [6.45, 7) is 6.67. The molecule has 0 aliphatic rings. The molecule has 1 amide bonds. The lowest BCUT2D eigenvalue weighted by atomic mass is 10.0. The number of aliphatic hydroxyl groups excluding tert-OH is 1. The van der Waals surface area contributed by atoms with Gasteiger partial charge in [-0.15, -0.1) is 0 Å². The Hall–Kier alpha value is -1.39. The Bertz CT molecular complexity index is 389. The fourth-order valence-electron chi connectivity index (χ4n) is 2.25. The molecule has 0 aromatic heterocycles. The number of likely N-dealkylation sites (N-methyl/N-ethyl adjacent to an activating group) is 1. The summed E-state index contributed by atoms with van der Waals surface area (Å²) < 4.78 is 0. The molecule has 0 aliphatic heterocycles. The number of benzene rings is 1. The number of hydrogen-bond donors (Lipinski definition) is 3.